The van der Waals surface area contributed by atoms with E-state index >= 15 is 0 Å². The molecule has 0 aromatic heterocycles. The zero-order chi connectivity index (χ0) is 28.6. The Kier molecular flexibility index (Phi) is 9.53. The number of carbonyl (C=O) groups excluding carboxylic acids is 3. The lowest BCUT2D eigenvalue weighted by atomic mass is 10.1. The summed E-state index contributed by atoms with van der Waals surface area (Å²) in [6, 6.07) is 20.5. The lowest BCUT2D eigenvalue weighted by Gasteiger charge is -2.28. The standard InChI is InChI=1S/C32H37FN4O3/c1-23(2)19-30(38)37-16-8-15-36(17-18-37)29-14-13-27(34-31(39)25-11-7-12-26(33)20-25)21-28(29)32(40)35(3)22-24-9-5-4-6-10-24/h4-7,9-14,20-21,23H,8,15-19,22H2,1-3H3,(H,34,39). The molecule has 7 nitrogen and oxygen atoms in total. The molecule has 0 saturated carbocycles. The van der Waals surface area contributed by atoms with E-state index in [4.69, 9.17) is 0 Å². The first kappa shape index (κ1) is 28.8. The number of halogens is 1. The van der Waals surface area contributed by atoms with Gasteiger partial charge in [0.2, 0.25) is 5.91 Å². The summed E-state index contributed by atoms with van der Waals surface area (Å²) in [6.45, 7) is 7.07. The van der Waals surface area contributed by atoms with E-state index < -0.39 is 11.7 Å². The number of nitrogens with one attached hydrogen (secondary N) is 1. The second kappa shape index (κ2) is 13.2. The number of amides is 3. The number of nitrogens with zero attached hydrogens (tertiary/aromatic N) is 3. The molecule has 0 aliphatic carbocycles. The monoisotopic (exact) mass is 544 g/mol. The predicted molar refractivity (Wildman–Crippen MR) is 156 cm³/mol. The van der Waals surface area contributed by atoms with Crippen LogP contribution >= 0.6 is 0 Å². The maximum atomic E-state index is 13.8. The minimum Gasteiger partial charge on any atom is -0.369 e. The van der Waals surface area contributed by atoms with Crippen molar-refractivity contribution in [3.8, 4) is 0 Å². The van der Waals surface area contributed by atoms with E-state index in [0.717, 1.165) is 17.7 Å². The summed E-state index contributed by atoms with van der Waals surface area (Å²) in [5, 5.41) is 2.80. The average molecular weight is 545 g/mol. The largest absolute Gasteiger partial charge is 0.369 e. The number of rotatable bonds is 8. The molecule has 3 aromatic carbocycles. The summed E-state index contributed by atoms with van der Waals surface area (Å²) in [7, 11) is 1.76. The van der Waals surface area contributed by atoms with Crippen LogP contribution in [0.2, 0.25) is 0 Å². The molecule has 1 heterocycles. The van der Waals surface area contributed by atoms with Crippen molar-refractivity contribution in [1.82, 2.24) is 9.80 Å². The zero-order valence-corrected chi connectivity index (χ0v) is 23.4. The number of hydrogen-bond acceptors (Lipinski definition) is 4. The molecule has 1 saturated heterocycles. The summed E-state index contributed by atoms with van der Waals surface area (Å²) in [5.74, 6) is -0.684. The number of hydrogen-bond donors (Lipinski definition) is 1. The zero-order valence-electron chi connectivity index (χ0n) is 23.4. The van der Waals surface area contributed by atoms with Gasteiger partial charge >= 0.3 is 0 Å². The van der Waals surface area contributed by atoms with E-state index in [1.807, 2.05) is 55.1 Å². The first-order valence-electron chi connectivity index (χ1n) is 13.7. The highest BCUT2D eigenvalue weighted by Crippen LogP contribution is 2.28. The van der Waals surface area contributed by atoms with Crippen molar-refractivity contribution in [1.29, 1.82) is 0 Å². The third-order valence-electron chi connectivity index (χ3n) is 6.95. The Morgan fingerprint density at radius 2 is 1.70 bits per heavy atom. The fourth-order valence-electron chi connectivity index (χ4n) is 4.91. The number of anilines is 2. The van der Waals surface area contributed by atoms with Crippen molar-refractivity contribution in [2.45, 2.75) is 33.2 Å². The van der Waals surface area contributed by atoms with Crippen molar-refractivity contribution < 1.29 is 18.8 Å². The highest BCUT2D eigenvalue weighted by molar-refractivity contribution is 6.06. The van der Waals surface area contributed by atoms with Gasteiger partial charge < -0.3 is 20.0 Å². The molecule has 1 fully saturated rings. The molecule has 0 atom stereocenters. The maximum Gasteiger partial charge on any atom is 0.256 e. The van der Waals surface area contributed by atoms with Crippen LogP contribution in [0, 0.1) is 11.7 Å². The predicted octanol–water partition coefficient (Wildman–Crippen LogP) is 5.44. The van der Waals surface area contributed by atoms with Gasteiger partial charge in [-0.3, -0.25) is 14.4 Å². The summed E-state index contributed by atoms with van der Waals surface area (Å²) in [5.41, 5.74) is 2.85. The summed E-state index contributed by atoms with van der Waals surface area (Å²) >= 11 is 0. The lowest BCUT2D eigenvalue weighted by molar-refractivity contribution is -0.131. The molecule has 0 spiro atoms. The third-order valence-corrected chi connectivity index (χ3v) is 6.95. The average Bonchev–Trinajstić information content (AvgIpc) is 3.19. The van der Waals surface area contributed by atoms with Crippen LogP contribution in [0.5, 0.6) is 0 Å². The molecule has 1 aliphatic heterocycles. The van der Waals surface area contributed by atoms with Crippen LogP contribution in [-0.4, -0.2) is 60.7 Å². The Balaban J connectivity index is 1.60. The second-order valence-electron chi connectivity index (χ2n) is 10.7. The fraction of sp³-hybridized carbons (Fsp3) is 0.344. The Morgan fingerprint density at radius 1 is 0.925 bits per heavy atom. The number of carbonyl (C=O) groups is 3. The molecule has 8 heteroatoms. The van der Waals surface area contributed by atoms with Gasteiger partial charge in [-0.25, -0.2) is 4.39 Å². The van der Waals surface area contributed by atoms with Gasteiger partial charge in [0.15, 0.2) is 0 Å². The third kappa shape index (κ3) is 7.46. The van der Waals surface area contributed by atoms with Crippen molar-refractivity contribution >= 4 is 29.1 Å². The van der Waals surface area contributed by atoms with Crippen LogP contribution in [-0.2, 0) is 11.3 Å². The summed E-state index contributed by atoms with van der Waals surface area (Å²) < 4.78 is 13.7. The van der Waals surface area contributed by atoms with Crippen LogP contribution in [0.25, 0.3) is 0 Å². The molecule has 0 bridgehead atoms. The first-order valence-corrected chi connectivity index (χ1v) is 13.7. The molecule has 0 radical (unpaired) electrons. The molecule has 1 aliphatic rings. The molecule has 3 amide bonds. The van der Waals surface area contributed by atoms with Gasteiger partial charge in [0, 0.05) is 63.1 Å². The highest BCUT2D eigenvalue weighted by Gasteiger charge is 2.25. The minimum atomic E-state index is -0.497. The molecule has 3 aromatic rings. The van der Waals surface area contributed by atoms with Crippen LogP contribution in [0.4, 0.5) is 15.8 Å². The van der Waals surface area contributed by atoms with E-state index in [9.17, 15) is 18.8 Å². The smallest absolute Gasteiger partial charge is 0.256 e. The molecular weight excluding hydrogens is 507 g/mol. The SMILES string of the molecule is CC(C)CC(=O)N1CCCN(c2ccc(NC(=O)c3cccc(F)c3)cc2C(=O)N(C)Cc2ccccc2)CC1. The van der Waals surface area contributed by atoms with Gasteiger partial charge in [-0.1, -0.05) is 50.2 Å². The van der Waals surface area contributed by atoms with Crippen LogP contribution in [0.3, 0.4) is 0 Å². The van der Waals surface area contributed by atoms with Crippen molar-refractivity contribution in [3.05, 3.63) is 95.3 Å². The summed E-state index contributed by atoms with van der Waals surface area (Å²) in [6.07, 6.45) is 1.31. The molecular formula is C32H37FN4O3. The van der Waals surface area contributed by atoms with Crippen LogP contribution in [0.15, 0.2) is 72.8 Å². The van der Waals surface area contributed by atoms with Gasteiger partial charge in [-0.05, 0) is 54.3 Å². The Hall–Kier alpha value is -4.20. The highest BCUT2D eigenvalue weighted by atomic mass is 19.1. The molecule has 210 valence electrons. The van der Waals surface area contributed by atoms with Crippen LogP contribution in [0.1, 0.15) is 53.0 Å². The molecule has 40 heavy (non-hydrogen) atoms. The minimum absolute atomic E-state index is 0.158. The molecule has 1 N–H and O–H groups in total. The fourth-order valence-corrected chi connectivity index (χ4v) is 4.91. The van der Waals surface area contributed by atoms with Crippen molar-refractivity contribution in [2.24, 2.45) is 5.92 Å². The van der Waals surface area contributed by atoms with E-state index in [0.29, 0.717) is 56.3 Å². The van der Waals surface area contributed by atoms with E-state index in [1.165, 1.54) is 24.3 Å². The Morgan fingerprint density at radius 3 is 2.42 bits per heavy atom. The topological polar surface area (TPSA) is 73.0 Å². The van der Waals surface area contributed by atoms with Gasteiger partial charge in [-0.15, -0.1) is 0 Å². The number of benzene rings is 3. The molecule has 4 rings (SSSR count). The quantitative estimate of drug-likeness (QED) is 0.410. The normalized spacial score (nSPS) is 13.6. The second-order valence-corrected chi connectivity index (χ2v) is 10.7. The van der Waals surface area contributed by atoms with E-state index in [-0.39, 0.29) is 17.4 Å². The summed E-state index contributed by atoms with van der Waals surface area (Å²) in [4.78, 5) is 45.1. The van der Waals surface area contributed by atoms with E-state index in [1.54, 1.807) is 24.1 Å². The van der Waals surface area contributed by atoms with Gasteiger partial charge in [0.1, 0.15) is 5.82 Å². The Labute approximate surface area is 235 Å². The first-order chi connectivity index (χ1) is 19.2. The Bertz CT molecular complexity index is 1340. The van der Waals surface area contributed by atoms with Gasteiger partial charge in [0.05, 0.1) is 5.56 Å². The van der Waals surface area contributed by atoms with Crippen molar-refractivity contribution in [3.63, 3.8) is 0 Å². The van der Waals surface area contributed by atoms with Crippen LogP contribution < -0.4 is 10.2 Å². The maximum absolute atomic E-state index is 13.8. The van der Waals surface area contributed by atoms with Crippen molar-refractivity contribution in [2.75, 3.05) is 43.4 Å². The van der Waals surface area contributed by atoms with E-state index in [2.05, 4.69) is 10.2 Å². The van der Waals surface area contributed by atoms with Gasteiger partial charge in [-0.2, -0.15) is 0 Å². The molecule has 0 unspecified atom stereocenters. The van der Waals surface area contributed by atoms with Gasteiger partial charge in [0.25, 0.3) is 11.8 Å². The lowest BCUT2D eigenvalue weighted by Crippen LogP contribution is -2.36.